The maximum Gasteiger partial charge on any atom is 0.212 e. The first kappa shape index (κ1) is 12.6. The normalized spacial score (nSPS) is 10.2. The van der Waals surface area contributed by atoms with Crippen molar-refractivity contribution in [2.24, 2.45) is 0 Å². The smallest absolute Gasteiger partial charge is 0.212 e. The van der Waals surface area contributed by atoms with Gasteiger partial charge >= 0.3 is 0 Å². The SMILES string of the molecule is COc1cccc(OC)c1C(=O)c1cnc(C)s1. The minimum Gasteiger partial charge on any atom is -0.496 e. The van der Waals surface area contributed by atoms with Crippen molar-refractivity contribution >= 4 is 17.1 Å². The van der Waals surface area contributed by atoms with Gasteiger partial charge in [-0.15, -0.1) is 11.3 Å². The lowest BCUT2D eigenvalue weighted by molar-refractivity contribution is 0.103. The molecule has 0 N–H and O–H groups in total. The Balaban J connectivity index is 2.52. The van der Waals surface area contributed by atoms with Crippen LogP contribution in [0.1, 0.15) is 20.2 Å². The molecular weight excluding hydrogens is 250 g/mol. The standard InChI is InChI=1S/C13H13NO3S/c1-8-14-7-11(18-8)13(15)12-9(16-2)5-4-6-10(12)17-3/h4-7H,1-3H3. The molecular formula is C13H13NO3S. The van der Waals surface area contributed by atoms with Crippen molar-refractivity contribution in [3.63, 3.8) is 0 Å². The van der Waals surface area contributed by atoms with Crippen LogP contribution in [0.4, 0.5) is 0 Å². The maximum atomic E-state index is 12.4. The molecule has 0 spiro atoms. The molecule has 94 valence electrons. The van der Waals surface area contributed by atoms with Crippen LogP contribution in [0.3, 0.4) is 0 Å². The summed E-state index contributed by atoms with van der Waals surface area (Å²) in [7, 11) is 3.06. The van der Waals surface area contributed by atoms with Crippen LogP contribution in [-0.2, 0) is 0 Å². The number of thiazole rings is 1. The van der Waals surface area contributed by atoms with Crippen LogP contribution < -0.4 is 9.47 Å². The fourth-order valence-electron chi connectivity index (χ4n) is 1.66. The number of benzene rings is 1. The number of ketones is 1. The van der Waals surface area contributed by atoms with E-state index in [0.29, 0.717) is 21.9 Å². The van der Waals surface area contributed by atoms with Crippen molar-refractivity contribution in [2.75, 3.05) is 14.2 Å². The highest BCUT2D eigenvalue weighted by atomic mass is 32.1. The topological polar surface area (TPSA) is 48.4 Å². The van der Waals surface area contributed by atoms with Crippen molar-refractivity contribution in [3.05, 3.63) is 39.8 Å². The zero-order valence-electron chi connectivity index (χ0n) is 10.4. The van der Waals surface area contributed by atoms with Crippen LogP contribution in [0, 0.1) is 6.92 Å². The lowest BCUT2D eigenvalue weighted by Crippen LogP contribution is -2.05. The Hall–Kier alpha value is -1.88. The quantitative estimate of drug-likeness (QED) is 0.796. The summed E-state index contributed by atoms with van der Waals surface area (Å²) in [4.78, 5) is 17.1. The Morgan fingerprint density at radius 2 is 1.83 bits per heavy atom. The number of carbonyl (C=O) groups is 1. The monoisotopic (exact) mass is 263 g/mol. The van der Waals surface area contributed by atoms with Crippen LogP contribution >= 0.6 is 11.3 Å². The first-order valence-electron chi connectivity index (χ1n) is 5.35. The predicted molar refractivity (Wildman–Crippen MR) is 69.8 cm³/mol. The average Bonchev–Trinajstić information content (AvgIpc) is 2.83. The second kappa shape index (κ2) is 5.18. The van der Waals surface area contributed by atoms with Crippen LogP contribution in [0.2, 0.25) is 0 Å². The number of nitrogens with zero attached hydrogens (tertiary/aromatic N) is 1. The molecule has 1 aromatic heterocycles. The summed E-state index contributed by atoms with van der Waals surface area (Å²) in [5, 5.41) is 0.854. The van der Waals surface area contributed by atoms with E-state index in [9.17, 15) is 4.79 Å². The van der Waals surface area contributed by atoms with Gasteiger partial charge in [0.05, 0.1) is 24.1 Å². The van der Waals surface area contributed by atoms with Crippen molar-refractivity contribution in [1.29, 1.82) is 0 Å². The summed E-state index contributed by atoms with van der Waals surface area (Å²) < 4.78 is 10.4. The number of methoxy groups -OCH3 is 2. The lowest BCUT2D eigenvalue weighted by atomic mass is 10.1. The number of hydrogen-bond donors (Lipinski definition) is 0. The van der Waals surface area contributed by atoms with Gasteiger partial charge in [0.25, 0.3) is 0 Å². The third-order valence-electron chi connectivity index (χ3n) is 2.50. The molecule has 18 heavy (non-hydrogen) atoms. The van der Waals surface area contributed by atoms with E-state index in [1.165, 1.54) is 25.6 Å². The minimum atomic E-state index is -0.130. The van der Waals surface area contributed by atoms with Crippen LogP contribution in [0.15, 0.2) is 24.4 Å². The van der Waals surface area contributed by atoms with Gasteiger partial charge in [-0.1, -0.05) is 6.07 Å². The number of aryl methyl sites for hydroxylation is 1. The molecule has 0 atom stereocenters. The van der Waals surface area contributed by atoms with Gasteiger partial charge in [-0.05, 0) is 19.1 Å². The van der Waals surface area contributed by atoms with Gasteiger partial charge in [0.1, 0.15) is 17.1 Å². The fraction of sp³-hybridized carbons (Fsp3) is 0.231. The summed E-state index contributed by atoms with van der Waals surface area (Å²) in [5.74, 6) is 0.880. The number of hydrogen-bond acceptors (Lipinski definition) is 5. The molecule has 0 aliphatic carbocycles. The Kier molecular flexibility index (Phi) is 3.62. The molecule has 2 aromatic rings. The van der Waals surface area contributed by atoms with Gasteiger partial charge < -0.3 is 9.47 Å². The molecule has 2 rings (SSSR count). The minimum absolute atomic E-state index is 0.130. The van der Waals surface area contributed by atoms with E-state index in [-0.39, 0.29) is 5.78 Å². The molecule has 0 saturated heterocycles. The van der Waals surface area contributed by atoms with Crippen molar-refractivity contribution in [1.82, 2.24) is 4.98 Å². The predicted octanol–water partition coefficient (Wildman–Crippen LogP) is 2.70. The maximum absolute atomic E-state index is 12.4. The zero-order valence-corrected chi connectivity index (χ0v) is 11.2. The van der Waals surface area contributed by atoms with Gasteiger partial charge in [0.15, 0.2) is 0 Å². The third-order valence-corrected chi connectivity index (χ3v) is 3.41. The van der Waals surface area contributed by atoms with Crippen molar-refractivity contribution in [3.8, 4) is 11.5 Å². The van der Waals surface area contributed by atoms with Gasteiger partial charge in [-0.2, -0.15) is 0 Å². The highest BCUT2D eigenvalue weighted by Gasteiger charge is 2.21. The van der Waals surface area contributed by atoms with Gasteiger partial charge in [0.2, 0.25) is 5.78 Å². The summed E-state index contributed by atoms with van der Waals surface area (Å²) >= 11 is 1.36. The molecule has 1 aromatic carbocycles. The molecule has 0 radical (unpaired) electrons. The molecule has 0 aliphatic rings. The first-order valence-corrected chi connectivity index (χ1v) is 6.17. The number of carbonyl (C=O) groups excluding carboxylic acids is 1. The van der Waals surface area contributed by atoms with Gasteiger partial charge in [0, 0.05) is 6.20 Å². The highest BCUT2D eigenvalue weighted by Crippen LogP contribution is 2.31. The van der Waals surface area contributed by atoms with Gasteiger partial charge in [-0.25, -0.2) is 4.98 Å². The molecule has 0 amide bonds. The van der Waals surface area contributed by atoms with Crippen LogP contribution in [0.5, 0.6) is 11.5 Å². The van der Waals surface area contributed by atoms with E-state index in [1.54, 1.807) is 24.4 Å². The fourth-order valence-corrected chi connectivity index (χ4v) is 2.39. The van der Waals surface area contributed by atoms with E-state index < -0.39 is 0 Å². The molecule has 0 bridgehead atoms. The van der Waals surface area contributed by atoms with E-state index in [0.717, 1.165) is 5.01 Å². The highest BCUT2D eigenvalue weighted by molar-refractivity contribution is 7.13. The van der Waals surface area contributed by atoms with E-state index in [4.69, 9.17) is 9.47 Å². The first-order chi connectivity index (χ1) is 8.67. The lowest BCUT2D eigenvalue weighted by Gasteiger charge is -2.10. The number of aromatic nitrogens is 1. The second-order valence-corrected chi connectivity index (χ2v) is 4.84. The van der Waals surface area contributed by atoms with E-state index in [2.05, 4.69) is 4.98 Å². The molecule has 0 aliphatic heterocycles. The zero-order chi connectivity index (χ0) is 13.1. The molecule has 4 nitrogen and oxygen atoms in total. The molecule has 5 heteroatoms. The number of rotatable bonds is 4. The summed E-state index contributed by atoms with van der Waals surface area (Å²) in [5.41, 5.74) is 0.436. The Labute approximate surface area is 109 Å². The third kappa shape index (κ3) is 2.22. The molecule has 0 fully saturated rings. The van der Waals surface area contributed by atoms with Crippen LogP contribution in [-0.4, -0.2) is 25.0 Å². The van der Waals surface area contributed by atoms with E-state index >= 15 is 0 Å². The largest absolute Gasteiger partial charge is 0.496 e. The summed E-state index contributed by atoms with van der Waals surface area (Å²) in [6, 6.07) is 5.26. The van der Waals surface area contributed by atoms with Gasteiger partial charge in [-0.3, -0.25) is 4.79 Å². The van der Waals surface area contributed by atoms with Crippen molar-refractivity contribution < 1.29 is 14.3 Å². The average molecular weight is 263 g/mol. The van der Waals surface area contributed by atoms with Crippen LogP contribution in [0.25, 0.3) is 0 Å². The Morgan fingerprint density at radius 1 is 1.22 bits per heavy atom. The Morgan fingerprint density at radius 3 is 2.28 bits per heavy atom. The summed E-state index contributed by atoms with van der Waals surface area (Å²) in [6.07, 6.45) is 1.58. The second-order valence-electron chi connectivity index (χ2n) is 3.61. The summed E-state index contributed by atoms with van der Waals surface area (Å²) in [6.45, 7) is 1.86. The van der Waals surface area contributed by atoms with Crippen molar-refractivity contribution in [2.45, 2.75) is 6.92 Å². The van der Waals surface area contributed by atoms with E-state index in [1.807, 2.05) is 6.92 Å². The molecule has 1 heterocycles. The molecule has 0 unspecified atom stereocenters. The number of ether oxygens (including phenoxy) is 2. The Bertz CT molecular complexity index is 555. The molecule has 0 saturated carbocycles.